The van der Waals surface area contributed by atoms with Crippen LogP contribution in [0.5, 0.6) is 0 Å². The van der Waals surface area contributed by atoms with E-state index < -0.39 is 23.6 Å². The van der Waals surface area contributed by atoms with Crippen molar-refractivity contribution in [3.8, 4) is 0 Å². The molecule has 1 aliphatic carbocycles. The van der Waals surface area contributed by atoms with Crippen LogP contribution in [0.2, 0.25) is 0 Å². The molecule has 5 heteroatoms. The summed E-state index contributed by atoms with van der Waals surface area (Å²) in [7, 11) is 0. The minimum atomic E-state index is -0.632. The molecule has 0 radical (unpaired) electrons. The van der Waals surface area contributed by atoms with Crippen LogP contribution in [0.3, 0.4) is 0 Å². The van der Waals surface area contributed by atoms with Gasteiger partial charge in [-0.2, -0.15) is 0 Å². The predicted molar refractivity (Wildman–Crippen MR) is 68.9 cm³/mol. The molecule has 2 amide bonds. The first kappa shape index (κ1) is 14.8. The van der Waals surface area contributed by atoms with E-state index in [1.807, 2.05) is 0 Å². The van der Waals surface area contributed by atoms with E-state index in [1.165, 1.54) is 0 Å². The molecule has 1 atom stereocenters. The lowest BCUT2D eigenvalue weighted by Crippen LogP contribution is -2.55. The van der Waals surface area contributed by atoms with Crippen LogP contribution >= 0.6 is 0 Å². The number of nitrogens with two attached hydrogens (primary N) is 1. The summed E-state index contributed by atoms with van der Waals surface area (Å²) in [6.45, 7) is 9.60. The van der Waals surface area contributed by atoms with Gasteiger partial charge in [0.05, 0.1) is 0 Å². The molecule has 0 aromatic carbocycles. The summed E-state index contributed by atoms with van der Waals surface area (Å²) >= 11 is 0. The van der Waals surface area contributed by atoms with Gasteiger partial charge in [0.25, 0.3) is 0 Å². The number of carbonyl (C=O) groups excluding carboxylic acids is 2. The summed E-state index contributed by atoms with van der Waals surface area (Å²) in [4.78, 5) is 23.0. The van der Waals surface area contributed by atoms with E-state index in [0.29, 0.717) is 0 Å². The zero-order valence-corrected chi connectivity index (χ0v) is 11.9. The fourth-order valence-electron chi connectivity index (χ4n) is 2.45. The SMILES string of the molecule is CC1(C)CC(C(NC(=O)OC(C)(C)C)C(N)=O)C1. The van der Waals surface area contributed by atoms with Gasteiger partial charge in [-0.15, -0.1) is 0 Å². The molecule has 0 bridgehead atoms. The molecule has 1 saturated carbocycles. The van der Waals surface area contributed by atoms with Crippen molar-refractivity contribution in [1.29, 1.82) is 0 Å². The van der Waals surface area contributed by atoms with Crippen molar-refractivity contribution in [2.45, 2.75) is 59.1 Å². The average Bonchev–Trinajstić information content (AvgIpc) is 2.06. The Kier molecular flexibility index (Phi) is 3.93. The maximum absolute atomic E-state index is 11.6. The fraction of sp³-hybridized carbons (Fsp3) is 0.846. The lowest BCUT2D eigenvalue weighted by atomic mass is 9.62. The van der Waals surface area contributed by atoms with Crippen molar-refractivity contribution in [1.82, 2.24) is 5.32 Å². The van der Waals surface area contributed by atoms with Gasteiger partial charge < -0.3 is 15.8 Å². The molecule has 0 spiro atoms. The van der Waals surface area contributed by atoms with Gasteiger partial charge in [0.15, 0.2) is 0 Å². The normalized spacial score (nSPS) is 20.7. The highest BCUT2D eigenvalue weighted by atomic mass is 16.6. The summed E-state index contributed by atoms with van der Waals surface area (Å²) < 4.78 is 5.13. The Morgan fingerprint density at radius 2 is 1.83 bits per heavy atom. The number of nitrogens with one attached hydrogen (secondary N) is 1. The van der Waals surface area contributed by atoms with Crippen molar-refractivity contribution in [3.63, 3.8) is 0 Å². The Hall–Kier alpha value is -1.26. The monoisotopic (exact) mass is 256 g/mol. The van der Waals surface area contributed by atoms with Crippen LogP contribution < -0.4 is 11.1 Å². The molecule has 104 valence electrons. The minimum Gasteiger partial charge on any atom is -0.444 e. The number of rotatable bonds is 3. The second kappa shape index (κ2) is 4.78. The van der Waals surface area contributed by atoms with Crippen LogP contribution in [-0.4, -0.2) is 23.6 Å². The summed E-state index contributed by atoms with van der Waals surface area (Å²) in [5.74, 6) is -0.383. The molecule has 0 aliphatic heterocycles. The molecule has 0 aromatic heterocycles. The molecule has 1 fully saturated rings. The Balaban J connectivity index is 2.55. The predicted octanol–water partition coefficient (Wildman–Crippen LogP) is 1.80. The van der Waals surface area contributed by atoms with Crippen molar-refractivity contribution in [2.24, 2.45) is 17.1 Å². The summed E-state index contributed by atoms with van der Waals surface area (Å²) in [5, 5.41) is 2.58. The van der Waals surface area contributed by atoms with Crippen molar-refractivity contribution < 1.29 is 14.3 Å². The fourth-order valence-corrected chi connectivity index (χ4v) is 2.45. The third kappa shape index (κ3) is 4.20. The molecule has 0 heterocycles. The second-order valence-corrected chi connectivity index (χ2v) is 6.86. The molecule has 5 nitrogen and oxygen atoms in total. The van der Waals surface area contributed by atoms with Crippen LogP contribution in [0.1, 0.15) is 47.5 Å². The van der Waals surface area contributed by atoms with Crippen molar-refractivity contribution >= 4 is 12.0 Å². The number of ether oxygens (including phenoxy) is 1. The summed E-state index contributed by atoms with van der Waals surface area (Å²) in [6.07, 6.45) is 1.18. The summed E-state index contributed by atoms with van der Waals surface area (Å²) in [6, 6.07) is -0.632. The highest BCUT2D eigenvalue weighted by molar-refractivity contribution is 5.84. The van der Waals surface area contributed by atoms with Crippen molar-refractivity contribution in [3.05, 3.63) is 0 Å². The zero-order valence-electron chi connectivity index (χ0n) is 11.9. The number of primary amides is 1. The highest BCUT2D eigenvalue weighted by Gasteiger charge is 2.43. The molecule has 0 aromatic rings. The Morgan fingerprint density at radius 3 is 2.17 bits per heavy atom. The third-order valence-electron chi connectivity index (χ3n) is 3.08. The Bertz CT molecular complexity index is 337. The van der Waals surface area contributed by atoms with Crippen molar-refractivity contribution in [2.75, 3.05) is 0 Å². The number of hydrogen-bond donors (Lipinski definition) is 2. The molecule has 18 heavy (non-hydrogen) atoms. The van der Waals surface area contributed by atoms with Crippen LogP contribution in [0.15, 0.2) is 0 Å². The molecule has 1 rings (SSSR count). The smallest absolute Gasteiger partial charge is 0.408 e. The second-order valence-electron chi connectivity index (χ2n) is 6.86. The first-order valence-corrected chi connectivity index (χ1v) is 6.29. The number of carbonyl (C=O) groups is 2. The quantitative estimate of drug-likeness (QED) is 0.807. The standard InChI is InChI=1S/C13H24N2O3/c1-12(2,3)18-11(17)15-9(10(14)16)8-6-13(4,5)7-8/h8-9H,6-7H2,1-5H3,(H2,14,16)(H,15,17). The van der Waals surface area contributed by atoms with Gasteiger partial charge in [-0.05, 0) is 44.9 Å². The number of alkyl carbamates (subject to hydrolysis) is 1. The van der Waals surface area contributed by atoms with E-state index in [0.717, 1.165) is 12.8 Å². The van der Waals surface area contributed by atoms with Gasteiger partial charge in [-0.3, -0.25) is 4.79 Å². The van der Waals surface area contributed by atoms with E-state index in [9.17, 15) is 9.59 Å². The van der Waals surface area contributed by atoms with E-state index >= 15 is 0 Å². The van der Waals surface area contributed by atoms with Gasteiger partial charge in [-0.1, -0.05) is 13.8 Å². The van der Waals surface area contributed by atoms with E-state index in [1.54, 1.807) is 20.8 Å². The van der Waals surface area contributed by atoms with Gasteiger partial charge in [0, 0.05) is 0 Å². The van der Waals surface area contributed by atoms with Gasteiger partial charge >= 0.3 is 6.09 Å². The van der Waals surface area contributed by atoms with Crippen LogP contribution in [0, 0.1) is 11.3 Å². The minimum absolute atomic E-state index is 0.116. The molecular formula is C13H24N2O3. The lowest BCUT2D eigenvalue weighted by Gasteiger charge is -2.45. The molecule has 1 unspecified atom stereocenters. The number of hydrogen-bond acceptors (Lipinski definition) is 3. The van der Waals surface area contributed by atoms with Crippen LogP contribution in [-0.2, 0) is 9.53 Å². The van der Waals surface area contributed by atoms with Crippen LogP contribution in [0.25, 0.3) is 0 Å². The topological polar surface area (TPSA) is 81.4 Å². The Morgan fingerprint density at radius 1 is 1.33 bits per heavy atom. The third-order valence-corrected chi connectivity index (χ3v) is 3.08. The molecular weight excluding hydrogens is 232 g/mol. The maximum Gasteiger partial charge on any atom is 0.408 e. The largest absolute Gasteiger partial charge is 0.444 e. The van der Waals surface area contributed by atoms with Crippen LogP contribution in [0.4, 0.5) is 4.79 Å². The van der Waals surface area contributed by atoms with Gasteiger partial charge in [0.1, 0.15) is 11.6 Å². The maximum atomic E-state index is 11.6. The van der Waals surface area contributed by atoms with Gasteiger partial charge in [-0.25, -0.2) is 4.79 Å². The lowest BCUT2D eigenvalue weighted by molar-refractivity contribution is -0.123. The van der Waals surface area contributed by atoms with E-state index in [4.69, 9.17) is 10.5 Å². The molecule has 3 N–H and O–H groups in total. The van der Waals surface area contributed by atoms with E-state index in [-0.39, 0.29) is 11.3 Å². The first-order valence-electron chi connectivity index (χ1n) is 6.29. The summed E-state index contributed by atoms with van der Waals surface area (Å²) in [5.41, 5.74) is 4.99. The molecule has 1 aliphatic rings. The Labute approximate surface area is 108 Å². The highest BCUT2D eigenvalue weighted by Crippen LogP contribution is 2.46. The van der Waals surface area contributed by atoms with E-state index in [2.05, 4.69) is 19.2 Å². The average molecular weight is 256 g/mol. The first-order chi connectivity index (χ1) is 8.00. The van der Waals surface area contributed by atoms with Gasteiger partial charge in [0.2, 0.25) is 5.91 Å². The molecule has 0 saturated heterocycles. The zero-order chi connectivity index (χ0) is 14.1. The number of amides is 2.